The minimum absolute atomic E-state index is 0.00126. The van der Waals surface area contributed by atoms with Gasteiger partial charge in [0.05, 0.1) is 6.61 Å². The molecule has 0 saturated carbocycles. The third-order valence-corrected chi connectivity index (χ3v) is 3.58. The summed E-state index contributed by atoms with van der Waals surface area (Å²) < 4.78 is 5.63. The van der Waals surface area contributed by atoms with Gasteiger partial charge >= 0.3 is 6.03 Å². The molecular formula is C16H24N2O2. The van der Waals surface area contributed by atoms with Crippen molar-refractivity contribution in [1.82, 2.24) is 4.90 Å². The maximum atomic E-state index is 12.1. The van der Waals surface area contributed by atoms with Gasteiger partial charge in [0.2, 0.25) is 0 Å². The van der Waals surface area contributed by atoms with Crippen LogP contribution in [0.1, 0.15) is 45.1 Å². The van der Waals surface area contributed by atoms with Crippen molar-refractivity contribution >= 4 is 11.7 Å². The SMILES string of the molecule is CCOc1ccc(NC(=O)N2CCCC2)cc1C(C)C. The summed E-state index contributed by atoms with van der Waals surface area (Å²) in [5.41, 5.74) is 1.97. The lowest BCUT2D eigenvalue weighted by molar-refractivity contribution is 0.222. The molecule has 2 rings (SSSR count). The third-order valence-electron chi connectivity index (χ3n) is 3.58. The minimum atomic E-state index is 0.00126. The van der Waals surface area contributed by atoms with Gasteiger partial charge in [-0.3, -0.25) is 0 Å². The van der Waals surface area contributed by atoms with Crippen LogP contribution >= 0.6 is 0 Å². The summed E-state index contributed by atoms with van der Waals surface area (Å²) in [5.74, 6) is 1.27. The van der Waals surface area contributed by atoms with Crippen LogP contribution < -0.4 is 10.1 Å². The molecule has 1 heterocycles. The molecule has 1 fully saturated rings. The van der Waals surface area contributed by atoms with Gasteiger partial charge in [-0.1, -0.05) is 13.8 Å². The maximum Gasteiger partial charge on any atom is 0.321 e. The van der Waals surface area contributed by atoms with Crippen molar-refractivity contribution in [1.29, 1.82) is 0 Å². The Bertz CT molecular complexity index is 466. The number of ether oxygens (including phenoxy) is 1. The van der Waals surface area contributed by atoms with E-state index in [1.165, 1.54) is 0 Å². The van der Waals surface area contributed by atoms with Crippen LogP contribution in [0.2, 0.25) is 0 Å². The van der Waals surface area contributed by atoms with E-state index in [0.29, 0.717) is 12.5 Å². The predicted octanol–water partition coefficient (Wildman–Crippen LogP) is 3.84. The number of hydrogen-bond donors (Lipinski definition) is 1. The Morgan fingerprint density at radius 3 is 2.65 bits per heavy atom. The van der Waals surface area contributed by atoms with Gasteiger partial charge in [-0.25, -0.2) is 4.79 Å². The van der Waals surface area contributed by atoms with Crippen LogP contribution in [0.3, 0.4) is 0 Å². The van der Waals surface area contributed by atoms with E-state index in [9.17, 15) is 4.79 Å². The number of carbonyl (C=O) groups is 1. The zero-order valence-electron chi connectivity index (χ0n) is 12.6. The topological polar surface area (TPSA) is 41.6 Å². The Hall–Kier alpha value is -1.71. The molecule has 0 unspecified atom stereocenters. The van der Waals surface area contributed by atoms with Crippen LogP contribution in [-0.4, -0.2) is 30.6 Å². The van der Waals surface area contributed by atoms with Gasteiger partial charge in [0, 0.05) is 18.8 Å². The molecule has 20 heavy (non-hydrogen) atoms. The van der Waals surface area contributed by atoms with E-state index in [1.54, 1.807) is 0 Å². The zero-order valence-corrected chi connectivity index (χ0v) is 12.6. The van der Waals surface area contributed by atoms with Crippen LogP contribution in [0, 0.1) is 0 Å². The number of likely N-dealkylation sites (tertiary alicyclic amines) is 1. The van der Waals surface area contributed by atoms with Gasteiger partial charge in [-0.15, -0.1) is 0 Å². The zero-order chi connectivity index (χ0) is 14.5. The van der Waals surface area contributed by atoms with E-state index >= 15 is 0 Å². The predicted molar refractivity (Wildman–Crippen MR) is 81.5 cm³/mol. The lowest BCUT2D eigenvalue weighted by Crippen LogP contribution is -2.32. The maximum absolute atomic E-state index is 12.1. The standard InChI is InChI=1S/C16H24N2O2/c1-4-20-15-8-7-13(11-14(15)12(2)3)17-16(19)18-9-5-6-10-18/h7-8,11-12H,4-6,9-10H2,1-3H3,(H,17,19). The monoisotopic (exact) mass is 276 g/mol. The molecule has 1 aliphatic rings. The smallest absolute Gasteiger partial charge is 0.321 e. The van der Waals surface area contributed by atoms with Crippen LogP contribution in [0.4, 0.5) is 10.5 Å². The first-order valence-electron chi connectivity index (χ1n) is 7.44. The fraction of sp³-hybridized carbons (Fsp3) is 0.562. The van der Waals surface area contributed by atoms with E-state index in [4.69, 9.17) is 4.74 Å². The van der Waals surface area contributed by atoms with E-state index < -0.39 is 0 Å². The first-order valence-corrected chi connectivity index (χ1v) is 7.44. The van der Waals surface area contributed by atoms with Crippen molar-refractivity contribution in [3.8, 4) is 5.75 Å². The largest absolute Gasteiger partial charge is 0.494 e. The third kappa shape index (κ3) is 3.44. The highest BCUT2D eigenvalue weighted by Crippen LogP contribution is 2.29. The highest BCUT2D eigenvalue weighted by atomic mass is 16.5. The molecule has 0 aliphatic carbocycles. The average molecular weight is 276 g/mol. The molecule has 4 nitrogen and oxygen atoms in total. The molecule has 1 N–H and O–H groups in total. The molecule has 1 aromatic carbocycles. The summed E-state index contributed by atoms with van der Waals surface area (Å²) in [4.78, 5) is 14.0. The lowest BCUT2D eigenvalue weighted by Gasteiger charge is -2.18. The number of anilines is 1. The molecule has 110 valence electrons. The number of rotatable bonds is 4. The second kappa shape index (κ2) is 6.64. The average Bonchev–Trinajstić information content (AvgIpc) is 2.94. The molecule has 1 aliphatic heterocycles. The van der Waals surface area contributed by atoms with Crippen molar-refractivity contribution in [3.05, 3.63) is 23.8 Å². The Morgan fingerprint density at radius 1 is 1.35 bits per heavy atom. The Morgan fingerprint density at radius 2 is 2.05 bits per heavy atom. The highest BCUT2D eigenvalue weighted by Gasteiger charge is 2.18. The molecule has 0 bridgehead atoms. The number of nitrogens with zero attached hydrogens (tertiary/aromatic N) is 1. The summed E-state index contributed by atoms with van der Waals surface area (Å²) in [7, 11) is 0. The number of nitrogens with one attached hydrogen (secondary N) is 1. The van der Waals surface area contributed by atoms with Gasteiger partial charge in [0.25, 0.3) is 0 Å². The number of carbonyl (C=O) groups excluding carboxylic acids is 1. The molecule has 0 spiro atoms. The van der Waals surface area contributed by atoms with Gasteiger partial charge < -0.3 is 15.0 Å². The van der Waals surface area contributed by atoms with Crippen LogP contribution in [0.25, 0.3) is 0 Å². The fourth-order valence-corrected chi connectivity index (χ4v) is 2.49. The van der Waals surface area contributed by atoms with Gasteiger partial charge in [0.15, 0.2) is 0 Å². The molecular weight excluding hydrogens is 252 g/mol. The van der Waals surface area contributed by atoms with Gasteiger partial charge in [-0.2, -0.15) is 0 Å². The van der Waals surface area contributed by atoms with Gasteiger partial charge in [0.1, 0.15) is 5.75 Å². The quantitative estimate of drug-likeness (QED) is 0.908. The van der Waals surface area contributed by atoms with E-state index in [1.807, 2.05) is 30.0 Å². The molecule has 0 atom stereocenters. The molecule has 1 aromatic rings. The van der Waals surface area contributed by atoms with Crippen molar-refractivity contribution in [2.75, 3.05) is 25.0 Å². The number of hydrogen-bond acceptors (Lipinski definition) is 2. The van der Waals surface area contributed by atoms with Crippen LogP contribution in [-0.2, 0) is 0 Å². The van der Waals surface area contributed by atoms with Crippen LogP contribution in [0.15, 0.2) is 18.2 Å². The summed E-state index contributed by atoms with van der Waals surface area (Å²) in [6, 6.07) is 5.87. The fourth-order valence-electron chi connectivity index (χ4n) is 2.49. The van der Waals surface area contributed by atoms with Crippen LogP contribution in [0.5, 0.6) is 5.75 Å². The van der Waals surface area contributed by atoms with Gasteiger partial charge in [-0.05, 0) is 49.4 Å². The molecule has 4 heteroatoms. The van der Waals surface area contributed by atoms with Crippen molar-refractivity contribution in [3.63, 3.8) is 0 Å². The molecule has 1 saturated heterocycles. The first kappa shape index (κ1) is 14.7. The van der Waals surface area contributed by atoms with E-state index in [0.717, 1.165) is 42.9 Å². The number of urea groups is 1. The number of benzene rings is 1. The summed E-state index contributed by atoms with van der Waals surface area (Å²) in [5, 5.41) is 2.98. The second-order valence-corrected chi connectivity index (χ2v) is 5.46. The summed E-state index contributed by atoms with van der Waals surface area (Å²) in [6.07, 6.45) is 2.21. The number of amides is 2. The summed E-state index contributed by atoms with van der Waals surface area (Å²) in [6.45, 7) is 8.61. The minimum Gasteiger partial charge on any atom is -0.494 e. The van der Waals surface area contributed by atoms with Crippen molar-refractivity contribution < 1.29 is 9.53 Å². The Labute approximate surface area is 121 Å². The summed E-state index contributed by atoms with van der Waals surface area (Å²) >= 11 is 0. The second-order valence-electron chi connectivity index (χ2n) is 5.46. The lowest BCUT2D eigenvalue weighted by atomic mass is 10.0. The van der Waals surface area contributed by atoms with Crippen molar-refractivity contribution in [2.24, 2.45) is 0 Å². The first-order chi connectivity index (χ1) is 9.61. The Kier molecular flexibility index (Phi) is 4.88. The van der Waals surface area contributed by atoms with E-state index in [-0.39, 0.29) is 6.03 Å². The Balaban J connectivity index is 2.11. The molecule has 0 radical (unpaired) electrons. The normalized spacial score (nSPS) is 14.7. The van der Waals surface area contributed by atoms with E-state index in [2.05, 4.69) is 19.2 Å². The van der Waals surface area contributed by atoms with Crippen molar-refractivity contribution in [2.45, 2.75) is 39.5 Å². The highest BCUT2D eigenvalue weighted by molar-refractivity contribution is 5.89. The molecule has 2 amide bonds. The molecule has 0 aromatic heterocycles.